The average molecular weight is 267 g/mol. The second kappa shape index (κ2) is 5.78. The molecule has 0 saturated heterocycles. The maximum Gasteiger partial charge on any atom is 0.216 e. The van der Waals surface area contributed by atoms with E-state index in [0.29, 0.717) is 19.0 Å². The van der Waals surface area contributed by atoms with Crippen molar-refractivity contribution in [2.75, 3.05) is 13.2 Å². The van der Waals surface area contributed by atoms with E-state index in [1.165, 1.54) is 0 Å². The molecule has 0 bridgehead atoms. The Balaban J connectivity index is 1.70. The van der Waals surface area contributed by atoms with E-state index in [-0.39, 0.29) is 6.10 Å². The summed E-state index contributed by atoms with van der Waals surface area (Å²) in [6.45, 7) is 3.32. The number of hydrogen-bond acceptors (Lipinski definition) is 3. The van der Waals surface area contributed by atoms with E-state index < -0.39 is 0 Å². The molecule has 0 spiro atoms. The fourth-order valence-electron chi connectivity index (χ4n) is 2.24. The lowest BCUT2D eigenvalue weighted by Gasteiger charge is -2.11. The van der Waals surface area contributed by atoms with Gasteiger partial charge in [0.15, 0.2) is 0 Å². The minimum atomic E-state index is 0.0257. The van der Waals surface area contributed by atoms with E-state index in [0.717, 1.165) is 16.9 Å². The van der Waals surface area contributed by atoms with Crippen molar-refractivity contribution < 1.29 is 9.47 Å². The van der Waals surface area contributed by atoms with Crippen molar-refractivity contribution in [2.24, 2.45) is 4.99 Å². The number of ether oxygens (including phenoxy) is 2. The SMILES string of the molecule is CCOc1ccc(C2=NCC(c3ccccc3)O2)cc1. The van der Waals surface area contributed by atoms with Crippen molar-refractivity contribution in [3.8, 4) is 5.75 Å². The highest BCUT2D eigenvalue weighted by molar-refractivity contribution is 5.95. The van der Waals surface area contributed by atoms with Gasteiger partial charge in [-0.05, 0) is 36.8 Å². The second-order valence-electron chi connectivity index (χ2n) is 4.62. The first-order chi connectivity index (χ1) is 9.86. The van der Waals surface area contributed by atoms with Gasteiger partial charge >= 0.3 is 0 Å². The highest BCUT2D eigenvalue weighted by atomic mass is 16.5. The van der Waals surface area contributed by atoms with Crippen LogP contribution in [0.5, 0.6) is 5.75 Å². The minimum Gasteiger partial charge on any atom is -0.494 e. The van der Waals surface area contributed by atoms with Gasteiger partial charge in [0, 0.05) is 5.56 Å². The molecule has 102 valence electrons. The van der Waals surface area contributed by atoms with Gasteiger partial charge in [0.2, 0.25) is 5.90 Å². The Hall–Kier alpha value is -2.29. The zero-order valence-corrected chi connectivity index (χ0v) is 11.5. The molecule has 1 unspecified atom stereocenters. The summed E-state index contributed by atoms with van der Waals surface area (Å²) in [7, 11) is 0. The van der Waals surface area contributed by atoms with Gasteiger partial charge in [0.1, 0.15) is 11.9 Å². The summed E-state index contributed by atoms with van der Waals surface area (Å²) >= 11 is 0. The third-order valence-electron chi connectivity index (χ3n) is 3.24. The first-order valence-electron chi connectivity index (χ1n) is 6.86. The molecule has 0 fully saturated rings. The highest BCUT2D eigenvalue weighted by Crippen LogP contribution is 2.25. The maximum atomic E-state index is 5.94. The van der Waals surface area contributed by atoms with Gasteiger partial charge in [0.25, 0.3) is 0 Å². The van der Waals surface area contributed by atoms with Gasteiger partial charge in [-0.15, -0.1) is 0 Å². The van der Waals surface area contributed by atoms with Gasteiger partial charge in [-0.25, -0.2) is 4.99 Å². The summed E-state index contributed by atoms with van der Waals surface area (Å²) in [4.78, 5) is 4.49. The van der Waals surface area contributed by atoms with Crippen molar-refractivity contribution in [3.63, 3.8) is 0 Å². The Morgan fingerprint density at radius 1 is 1.10 bits per heavy atom. The molecule has 3 nitrogen and oxygen atoms in total. The first-order valence-corrected chi connectivity index (χ1v) is 6.86. The van der Waals surface area contributed by atoms with Gasteiger partial charge in [-0.1, -0.05) is 30.3 Å². The van der Waals surface area contributed by atoms with E-state index >= 15 is 0 Å². The molecule has 0 radical (unpaired) electrons. The highest BCUT2D eigenvalue weighted by Gasteiger charge is 2.22. The molecule has 20 heavy (non-hydrogen) atoms. The van der Waals surface area contributed by atoms with Crippen LogP contribution < -0.4 is 4.74 Å². The molecule has 0 saturated carbocycles. The van der Waals surface area contributed by atoms with Gasteiger partial charge in [-0.3, -0.25) is 0 Å². The molecule has 1 atom stereocenters. The molecule has 3 heteroatoms. The van der Waals surface area contributed by atoms with E-state index in [4.69, 9.17) is 9.47 Å². The Labute approximate surface area is 118 Å². The molecule has 3 rings (SSSR count). The van der Waals surface area contributed by atoms with Crippen LogP contribution in [0.15, 0.2) is 59.6 Å². The number of hydrogen-bond donors (Lipinski definition) is 0. The number of aliphatic imine (C=N–C) groups is 1. The molecule has 1 heterocycles. The van der Waals surface area contributed by atoms with Crippen molar-refractivity contribution in [3.05, 3.63) is 65.7 Å². The summed E-state index contributed by atoms with van der Waals surface area (Å²) in [6, 6.07) is 18.0. The molecule has 0 aliphatic carbocycles. The third-order valence-corrected chi connectivity index (χ3v) is 3.24. The van der Waals surface area contributed by atoms with Crippen LogP contribution in [0, 0.1) is 0 Å². The van der Waals surface area contributed by atoms with Crippen LogP contribution in [-0.2, 0) is 4.74 Å². The summed E-state index contributed by atoms with van der Waals surface area (Å²) in [5.74, 6) is 1.58. The molecule has 1 aliphatic heterocycles. The van der Waals surface area contributed by atoms with Crippen LogP contribution in [0.25, 0.3) is 0 Å². The van der Waals surface area contributed by atoms with Gasteiger partial charge < -0.3 is 9.47 Å². The van der Waals surface area contributed by atoms with E-state index in [1.54, 1.807) is 0 Å². The van der Waals surface area contributed by atoms with Crippen LogP contribution in [0.1, 0.15) is 24.2 Å². The van der Waals surface area contributed by atoms with Gasteiger partial charge in [0.05, 0.1) is 13.2 Å². The number of benzene rings is 2. The molecule has 0 amide bonds. The zero-order chi connectivity index (χ0) is 13.8. The molecule has 2 aromatic carbocycles. The summed E-state index contributed by atoms with van der Waals surface area (Å²) in [5, 5.41) is 0. The van der Waals surface area contributed by atoms with E-state index in [9.17, 15) is 0 Å². The van der Waals surface area contributed by atoms with Crippen molar-refractivity contribution >= 4 is 5.90 Å². The predicted octanol–water partition coefficient (Wildman–Crippen LogP) is 3.60. The van der Waals surface area contributed by atoms with Crippen molar-refractivity contribution in [1.29, 1.82) is 0 Å². The largest absolute Gasteiger partial charge is 0.494 e. The predicted molar refractivity (Wildman–Crippen MR) is 79.3 cm³/mol. The number of rotatable bonds is 4. The zero-order valence-electron chi connectivity index (χ0n) is 11.5. The lowest BCUT2D eigenvalue weighted by molar-refractivity contribution is 0.230. The second-order valence-corrected chi connectivity index (χ2v) is 4.62. The van der Waals surface area contributed by atoms with Crippen molar-refractivity contribution in [1.82, 2.24) is 0 Å². The molecule has 0 aromatic heterocycles. The van der Waals surface area contributed by atoms with Crippen LogP contribution in [-0.4, -0.2) is 19.0 Å². The fourth-order valence-corrected chi connectivity index (χ4v) is 2.24. The quantitative estimate of drug-likeness (QED) is 0.847. The molecule has 0 N–H and O–H groups in total. The van der Waals surface area contributed by atoms with Crippen molar-refractivity contribution in [2.45, 2.75) is 13.0 Å². The Morgan fingerprint density at radius 3 is 2.55 bits per heavy atom. The Morgan fingerprint density at radius 2 is 1.85 bits per heavy atom. The standard InChI is InChI=1S/C17H17NO2/c1-2-19-15-10-8-14(9-11-15)17-18-12-16(20-17)13-6-4-3-5-7-13/h3-11,16H,2,12H2,1H3. The lowest BCUT2D eigenvalue weighted by Crippen LogP contribution is -2.06. The van der Waals surface area contributed by atoms with Gasteiger partial charge in [-0.2, -0.15) is 0 Å². The molecule has 1 aliphatic rings. The fraction of sp³-hybridized carbons (Fsp3) is 0.235. The third kappa shape index (κ3) is 2.67. The van der Waals surface area contributed by atoms with E-state index in [2.05, 4.69) is 17.1 Å². The minimum absolute atomic E-state index is 0.0257. The summed E-state index contributed by atoms with van der Waals surface area (Å²) in [6.07, 6.45) is 0.0257. The Kier molecular flexibility index (Phi) is 3.68. The summed E-state index contributed by atoms with van der Waals surface area (Å²) < 4.78 is 11.4. The number of nitrogens with zero attached hydrogens (tertiary/aromatic N) is 1. The Bertz CT molecular complexity index is 590. The smallest absolute Gasteiger partial charge is 0.216 e. The first kappa shape index (κ1) is 12.7. The molecular formula is C17H17NO2. The van der Waals surface area contributed by atoms with Crippen LogP contribution in [0.2, 0.25) is 0 Å². The molecular weight excluding hydrogens is 250 g/mol. The average Bonchev–Trinajstić information content (AvgIpc) is 2.99. The monoisotopic (exact) mass is 267 g/mol. The summed E-state index contributed by atoms with van der Waals surface area (Å²) in [5.41, 5.74) is 2.16. The molecule has 2 aromatic rings. The maximum absolute atomic E-state index is 5.94. The van der Waals surface area contributed by atoms with E-state index in [1.807, 2.05) is 49.4 Å². The van der Waals surface area contributed by atoms with Crippen LogP contribution in [0.4, 0.5) is 0 Å². The van der Waals surface area contributed by atoms with Crippen LogP contribution in [0.3, 0.4) is 0 Å². The lowest BCUT2D eigenvalue weighted by atomic mass is 10.1. The normalized spacial score (nSPS) is 17.4. The topological polar surface area (TPSA) is 30.8 Å². The van der Waals surface area contributed by atoms with Crippen LogP contribution >= 0.6 is 0 Å².